The number of nitrogens with one attached hydrogen (secondary N) is 1. The van der Waals surface area contributed by atoms with Crippen molar-refractivity contribution in [3.63, 3.8) is 0 Å². The van der Waals surface area contributed by atoms with E-state index in [4.69, 9.17) is 9.73 Å². The molecule has 206 valence electrons. The monoisotopic (exact) mass is 527 g/mol. The summed E-state index contributed by atoms with van der Waals surface area (Å²) in [7, 11) is 0. The second-order valence-corrected chi connectivity index (χ2v) is 11.3. The minimum absolute atomic E-state index is 0.0681. The molecule has 2 atom stereocenters. The maximum atomic E-state index is 14.0. The number of anilines is 1. The van der Waals surface area contributed by atoms with Crippen LogP contribution in [0.5, 0.6) is 0 Å². The Morgan fingerprint density at radius 3 is 2.58 bits per heavy atom. The number of carbonyl (C=O) groups is 1. The molecule has 38 heavy (non-hydrogen) atoms. The molecule has 1 N–H and O–H groups in total. The summed E-state index contributed by atoms with van der Waals surface area (Å²) >= 11 is 0. The van der Waals surface area contributed by atoms with Gasteiger partial charge in [0.25, 0.3) is 12.3 Å². The number of carbonyl (C=O) groups excluding carboxylic acids is 1. The third-order valence-electron chi connectivity index (χ3n) is 8.61. The SMILES string of the molecule is CCc1cccc(C(=O)Nc2cn(C3CCC(C(C)C)CC3)nc2C(F)F)c1N=C(C)N1CC2CC1CO2. The molecule has 1 amide bonds. The van der Waals surface area contributed by atoms with Gasteiger partial charge in [0.05, 0.1) is 41.7 Å². The summed E-state index contributed by atoms with van der Waals surface area (Å²) in [6.45, 7) is 9.94. The van der Waals surface area contributed by atoms with Crippen LogP contribution in [0.3, 0.4) is 0 Å². The Kier molecular flexibility index (Phi) is 7.84. The Morgan fingerprint density at radius 1 is 1.21 bits per heavy atom. The molecule has 1 aromatic heterocycles. The molecule has 2 saturated heterocycles. The van der Waals surface area contributed by atoms with Crippen molar-refractivity contribution in [1.29, 1.82) is 0 Å². The third-order valence-corrected chi connectivity index (χ3v) is 8.61. The average molecular weight is 528 g/mol. The van der Waals surface area contributed by atoms with E-state index in [1.54, 1.807) is 16.9 Å². The van der Waals surface area contributed by atoms with Crippen molar-refractivity contribution >= 4 is 23.1 Å². The van der Waals surface area contributed by atoms with Gasteiger partial charge in [0.1, 0.15) is 5.84 Å². The molecule has 9 heteroatoms. The van der Waals surface area contributed by atoms with Crippen molar-refractivity contribution < 1.29 is 18.3 Å². The van der Waals surface area contributed by atoms with Crippen LogP contribution >= 0.6 is 0 Å². The summed E-state index contributed by atoms with van der Waals surface area (Å²) in [5.41, 5.74) is 1.58. The van der Waals surface area contributed by atoms with Crippen molar-refractivity contribution in [1.82, 2.24) is 14.7 Å². The number of halogens is 2. The second-order valence-electron chi connectivity index (χ2n) is 11.3. The Morgan fingerprint density at radius 2 is 1.97 bits per heavy atom. The smallest absolute Gasteiger partial charge is 0.284 e. The molecule has 3 fully saturated rings. The fourth-order valence-corrected chi connectivity index (χ4v) is 6.29. The van der Waals surface area contributed by atoms with E-state index in [1.807, 2.05) is 26.0 Å². The van der Waals surface area contributed by atoms with Crippen LogP contribution in [-0.2, 0) is 11.2 Å². The quantitative estimate of drug-likeness (QED) is 0.328. The highest BCUT2D eigenvalue weighted by Crippen LogP contribution is 2.38. The van der Waals surface area contributed by atoms with Crippen molar-refractivity contribution in [3.8, 4) is 0 Å². The van der Waals surface area contributed by atoms with E-state index in [9.17, 15) is 13.6 Å². The van der Waals surface area contributed by atoms with Crippen molar-refractivity contribution in [3.05, 3.63) is 41.2 Å². The predicted molar refractivity (Wildman–Crippen MR) is 144 cm³/mol. The fraction of sp³-hybridized carbons (Fsp3) is 0.621. The highest BCUT2D eigenvalue weighted by Gasteiger charge is 2.39. The van der Waals surface area contributed by atoms with Crippen LogP contribution in [0.1, 0.15) is 93.9 Å². The second kappa shape index (κ2) is 11.1. The van der Waals surface area contributed by atoms with E-state index in [1.165, 1.54) is 0 Å². The molecule has 0 spiro atoms. The van der Waals surface area contributed by atoms with Gasteiger partial charge in [0, 0.05) is 12.7 Å². The molecule has 5 rings (SSSR count). The number of aromatic nitrogens is 2. The standard InChI is InChI=1S/C29H39F2N5O2/c1-5-19-7-6-8-24(26(19)32-18(4)35-14-23-13-22(35)16-38-23)29(37)33-25-15-36(34-27(25)28(30)31)21-11-9-20(10-12-21)17(2)3/h6-8,15,17,20-23,28H,5,9-14,16H2,1-4H3,(H,33,37). The van der Waals surface area contributed by atoms with Gasteiger partial charge in [-0.3, -0.25) is 9.48 Å². The van der Waals surface area contributed by atoms with Crippen molar-refractivity contribution in [2.24, 2.45) is 16.8 Å². The van der Waals surface area contributed by atoms with E-state index in [0.29, 0.717) is 42.2 Å². The number of alkyl halides is 2. The molecule has 2 bridgehead atoms. The van der Waals surface area contributed by atoms with Gasteiger partial charge >= 0.3 is 0 Å². The third kappa shape index (κ3) is 5.35. The van der Waals surface area contributed by atoms with Gasteiger partial charge in [-0.2, -0.15) is 5.10 Å². The maximum Gasteiger partial charge on any atom is 0.284 e. The maximum absolute atomic E-state index is 14.0. The van der Waals surface area contributed by atoms with Crippen LogP contribution in [0.15, 0.2) is 29.4 Å². The minimum atomic E-state index is -2.78. The van der Waals surface area contributed by atoms with Gasteiger partial charge in [-0.15, -0.1) is 0 Å². The van der Waals surface area contributed by atoms with Crippen LogP contribution in [0.25, 0.3) is 0 Å². The molecule has 1 aliphatic carbocycles. The Balaban J connectivity index is 1.39. The number of nitrogens with zero attached hydrogens (tertiary/aromatic N) is 4. The zero-order valence-electron chi connectivity index (χ0n) is 22.8. The number of morpholine rings is 1. The molecule has 2 aliphatic heterocycles. The lowest BCUT2D eigenvalue weighted by Gasteiger charge is -2.30. The van der Waals surface area contributed by atoms with Gasteiger partial charge in [-0.05, 0) is 68.9 Å². The van der Waals surface area contributed by atoms with Crippen molar-refractivity contribution in [2.45, 2.75) is 90.8 Å². The number of hydrogen-bond donors (Lipinski definition) is 1. The van der Waals surface area contributed by atoms with Gasteiger partial charge in [-0.25, -0.2) is 13.8 Å². The number of fused-ring (bicyclic) bond motifs is 2. The summed E-state index contributed by atoms with van der Waals surface area (Å²) in [5.74, 6) is 1.66. The first kappa shape index (κ1) is 26.8. The molecule has 1 aromatic carbocycles. The molecule has 2 aromatic rings. The van der Waals surface area contributed by atoms with Gasteiger partial charge in [0.15, 0.2) is 5.69 Å². The average Bonchev–Trinajstić information content (AvgIpc) is 3.65. The number of para-hydroxylation sites is 1. The van der Waals surface area contributed by atoms with Gasteiger partial charge < -0.3 is 15.0 Å². The number of ether oxygens (including phenoxy) is 1. The number of hydrogen-bond acceptors (Lipinski definition) is 4. The zero-order valence-corrected chi connectivity index (χ0v) is 22.8. The summed E-state index contributed by atoms with van der Waals surface area (Å²) in [6, 6.07) is 5.86. The molecule has 3 aliphatic rings. The molecule has 1 saturated carbocycles. The molecule has 2 unspecified atom stereocenters. The Hall–Kier alpha value is -2.81. The Bertz CT molecular complexity index is 1190. The predicted octanol–water partition coefficient (Wildman–Crippen LogP) is 6.55. The van der Waals surface area contributed by atoms with Gasteiger partial charge in [-0.1, -0.05) is 32.9 Å². The lowest BCUT2D eigenvalue weighted by atomic mass is 9.80. The van der Waals surface area contributed by atoms with Crippen LogP contribution in [0, 0.1) is 11.8 Å². The molecular weight excluding hydrogens is 488 g/mol. The number of rotatable bonds is 7. The molecule has 0 radical (unpaired) electrons. The summed E-state index contributed by atoms with van der Waals surface area (Å²) in [4.78, 5) is 20.7. The fourth-order valence-electron chi connectivity index (χ4n) is 6.29. The highest BCUT2D eigenvalue weighted by molar-refractivity contribution is 6.08. The number of aliphatic imine (C=N–C) groups is 1. The van der Waals surface area contributed by atoms with Crippen LogP contribution in [0.2, 0.25) is 0 Å². The molecule has 3 heterocycles. The zero-order chi connectivity index (χ0) is 27.0. The number of likely N-dealkylation sites (tertiary alicyclic amines) is 1. The highest BCUT2D eigenvalue weighted by atomic mass is 19.3. The van der Waals surface area contributed by atoms with E-state index >= 15 is 0 Å². The lowest BCUT2D eigenvalue weighted by Crippen LogP contribution is -2.40. The summed E-state index contributed by atoms with van der Waals surface area (Å²) < 4.78 is 35.3. The summed E-state index contributed by atoms with van der Waals surface area (Å²) in [5, 5.41) is 6.99. The number of benzene rings is 1. The first-order valence-corrected chi connectivity index (χ1v) is 14.0. The first-order chi connectivity index (χ1) is 18.2. The molecule has 7 nitrogen and oxygen atoms in total. The van der Waals surface area contributed by atoms with E-state index in [2.05, 4.69) is 29.2 Å². The topological polar surface area (TPSA) is 71.8 Å². The van der Waals surface area contributed by atoms with Crippen molar-refractivity contribution in [2.75, 3.05) is 18.5 Å². The van der Waals surface area contributed by atoms with Crippen LogP contribution < -0.4 is 5.32 Å². The largest absolute Gasteiger partial charge is 0.374 e. The molecular formula is C29H39F2N5O2. The van der Waals surface area contributed by atoms with Gasteiger partial charge in [0.2, 0.25) is 0 Å². The van der Waals surface area contributed by atoms with Crippen LogP contribution in [0.4, 0.5) is 20.2 Å². The normalized spacial score (nSPS) is 25.6. The number of amides is 1. The van der Waals surface area contributed by atoms with E-state index in [0.717, 1.165) is 50.0 Å². The first-order valence-electron chi connectivity index (χ1n) is 14.0. The minimum Gasteiger partial charge on any atom is -0.374 e. The summed E-state index contributed by atoms with van der Waals surface area (Å²) in [6.07, 6.45) is 4.65. The Labute approximate surface area is 223 Å². The number of aryl methyl sites for hydroxylation is 1. The van der Waals surface area contributed by atoms with E-state index < -0.39 is 12.3 Å². The lowest BCUT2D eigenvalue weighted by molar-refractivity contribution is 0.0565. The number of amidine groups is 1. The van der Waals surface area contributed by atoms with E-state index in [-0.39, 0.29) is 23.5 Å². The van der Waals surface area contributed by atoms with Crippen LogP contribution in [-0.4, -0.2) is 51.7 Å².